The first kappa shape index (κ1) is 7.76. The molecule has 0 radical (unpaired) electrons. The van der Waals surface area contributed by atoms with E-state index in [1.165, 1.54) is 5.38 Å². The van der Waals surface area contributed by atoms with Crippen LogP contribution in [0.25, 0.3) is 0 Å². The van der Waals surface area contributed by atoms with Gasteiger partial charge in [0.25, 0.3) is 0 Å². The monoisotopic (exact) mass is 167 g/mol. The fraction of sp³-hybridized carbons (Fsp3) is 0.143. The number of nitriles is 1. The molecule has 0 amide bonds. The SMILES string of the molecule is Cc1c(C(=O)O)csc1C#N. The van der Waals surface area contributed by atoms with Crippen molar-refractivity contribution in [1.29, 1.82) is 5.26 Å². The second-order valence-electron chi connectivity index (χ2n) is 2.02. The number of rotatable bonds is 1. The quantitative estimate of drug-likeness (QED) is 0.691. The van der Waals surface area contributed by atoms with Crippen LogP contribution in [0.15, 0.2) is 5.38 Å². The highest BCUT2D eigenvalue weighted by molar-refractivity contribution is 7.11. The number of hydrogen-bond donors (Lipinski definition) is 1. The zero-order valence-corrected chi connectivity index (χ0v) is 6.60. The molecule has 0 aliphatic rings. The Balaban J connectivity index is 3.24. The maximum atomic E-state index is 10.4. The molecule has 0 atom stereocenters. The number of aromatic carboxylic acids is 1. The van der Waals surface area contributed by atoms with Crippen molar-refractivity contribution in [3.05, 3.63) is 21.4 Å². The van der Waals surface area contributed by atoms with Gasteiger partial charge >= 0.3 is 5.97 Å². The highest BCUT2D eigenvalue weighted by Crippen LogP contribution is 2.20. The second-order valence-corrected chi connectivity index (χ2v) is 2.90. The summed E-state index contributed by atoms with van der Waals surface area (Å²) in [6.45, 7) is 1.64. The standard InChI is InChI=1S/C7H5NO2S/c1-4-5(7(9)10)3-11-6(4)2-8/h3H,1H3,(H,9,10). The first-order valence-electron chi connectivity index (χ1n) is 2.88. The predicted octanol–water partition coefficient (Wildman–Crippen LogP) is 1.63. The lowest BCUT2D eigenvalue weighted by atomic mass is 10.2. The summed E-state index contributed by atoms with van der Waals surface area (Å²) >= 11 is 1.16. The summed E-state index contributed by atoms with van der Waals surface area (Å²) in [6.07, 6.45) is 0. The van der Waals surface area contributed by atoms with Crippen LogP contribution in [0.4, 0.5) is 0 Å². The van der Waals surface area contributed by atoms with E-state index < -0.39 is 5.97 Å². The molecule has 11 heavy (non-hydrogen) atoms. The molecule has 4 heteroatoms. The van der Waals surface area contributed by atoms with Gasteiger partial charge in [0, 0.05) is 5.38 Å². The van der Waals surface area contributed by atoms with Crippen molar-refractivity contribution in [2.45, 2.75) is 6.92 Å². The molecule has 1 aromatic heterocycles. The molecular formula is C7H5NO2S. The Kier molecular flexibility index (Phi) is 1.92. The van der Waals surface area contributed by atoms with E-state index in [-0.39, 0.29) is 5.56 Å². The van der Waals surface area contributed by atoms with Crippen LogP contribution in [0.2, 0.25) is 0 Å². The first-order valence-corrected chi connectivity index (χ1v) is 3.76. The molecule has 1 N–H and O–H groups in total. The molecule has 0 unspecified atom stereocenters. The fourth-order valence-corrected chi connectivity index (χ4v) is 1.59. The number of thiophene rings is 1. The van der Waals surface area contributed by atoms with Gasteiger partial charge in [-0.15, -0.1) is 11.3 Å². The van der Waals surface area contributed by atoms with Gasteiger partial charge in [-0.05, 0) is 12.5 Å². The Labute approximate surface area is 67.5 Å². The average molecular weight is 167 g/mol. The van der Waals surface area contributed by atoms with Crippen LogP contribution in [0.5, 0.6) is 0 Å². The van der Waals surface area contributed by atoms with E-state index >= 15 is 0 Å². The molecule has 3 nitrogen and oxygen atoms in total. The number of hydrogen-bond acceptors (Lipinski definition) is 3. The van der Waals surface area contributed by atoms with Crippen molar-refractivity contribution >= 4 is 17.3 Å². The Hall–Kier alpha value is -1.34. The van der Waals surface area contributed by atoms with Gasteiger partial charge in [-0.25, -0.2) is 4.79 Å². The lowest BCUT2D eigenvalue weighted by Crippen LogP contribution is -1.95. The molecular weight excluding hydrogens is 162 g/mol. The maximum Gasteiger partial charge on any atom is 0.336 e. The predicted molar refractivity (Wildman–Crippen MR) is 40.7 cm³/mol. The Morgan fingerprint density at radius 3 is 2.73 bits per heavy atom. The van der Waals surface area contributed by atoms with Crippen molar-refractivity contribution in [1.82, 2.24) is 0 Å². The summed E-state index contributed by atoms with van der Waals surface area (Å²) in [5.74, 6) is -0.972. The minimum Gasteiger partial charge on any atom is -0.478 e. The van der Waals surface area contributed by atoms with Gasteiger partial charge in [-0.3, -0.25) is 0 Å². The molecule has 0 aliphatic carbocycles. The smallest absolute Gasteiger partial charge is 0.336 e. The van der Waals surface area contributed by atoms with Crippen molar-refractivity contribution < 1.29 is 9.90 Å². The van der Waals surface area contributed by atoms with Crippen LogP contribution < -0.4 is 0 Å². The van der Waals surface area contributed by atoms with Crippen LogP contribution in [0.1, 0.15) is 20.8 Å². The van der Waals surface area contributed by atoms with Gasteiger partial charge in [-0.1, -0.05) is 0 Å². The molecule has 0 spiro atoms. The molecule has 1 aromatic rings. The molecule has 1 rings (SSSR count). The first-order chi connectivity index (χ1) is 5.16. The summed E-state index contributed by atoms with van der Waals surface area (Å²) in [6, 6.07) is 1.93. The van der Waals surface area contributed by atoms with Crippen molar-refractivity contribution in [2.24, 2.45) is 0 Å². The van der Waals surface area contributed by atoms with Crippen LogP contribution >= 0.6 is 11.3 Å². The number of carboxylic acids is 1. The van der Waals surface area contributed by atoms with Gasteiger partial charge < -0.3 is 5.11 Å². The molecule has 1 heterocycles. The zero-order chi connectivity index (χ0) is 8.43. The van der Waals surface area contributed by atoms with Crippen molar-refractivity contribution in [2.75, 3.05) is 0 Å². The van der Waals surface area contributed by atoms with Crippen molar-refractivity contribution in [3.8, 4) is 6.07 Å². The van der Waals surface area contributed by atoms with Gasteiger partial charge in [0.2, 0.25) is 0 Å². The fourth-order valence-electron chi connectivity index (χ4n) is 0.738. The van der Waals surface area contributed by atoms with Gasteiger partial charge in [0.1, 0.15) is 10.9 Å². The third-order valence-corrected chi connectivity index (χ3v) is 2.36. The van der Waals surface area contributed by atoms with Crippen LogP contribution in [0, 0.1) is 18.3 Å². The van der Waals surface area contributed by atoms with Gasteiger partial charge in [0.15, 0.2) is 0 Å². The Morgan fingerprint density at radius 2 is 2.45 bits per heavy atom. The molecule has 0 aromatic carbocycles. The Morgan fingerprint density at radius 1 is 1.82 bits per heavy atom. The molecule has 0 aliphatic heterocycles. The van der Waals surface area contributed by atoms with E-state index in [4.69, 9.17) is 10.4 Å². The number of nitrogens with zero attached hydrogens (tertiary/aromatic N) is 1. The van der Waals surface area contributed by atoms with E-state index in [1.807, 2.05) is 6.07 Å². The summed E-state index contributed by atoms with van der Waals surface area (Å²) in [5, 5.41) is 18.5. The van der Waals surface area contributed by atoms with Crippen LogP contribution in [-0.4, -0.2) is 11.1 Å². The second kappa shape index (κ2) is 2.72. The molecule has 56 valence electrons. The molecule has 0 fully saturated rings. The lowest BCUT2D eigenvalue weighted by Gasteiger charge is -1.88. The van der Waals surface area contributed by atoms with E-state index in [2.05, 4.69) is 0 Å². The lowest BCUT2D eigenvalue weighted by molar-refractivity contribution is 0.0696. The third-order valence-electron chi connectivity index (χ3n) is 1.37. The van der Waals surface area contributed by atoms with Crippen LogP contribution in [0.3, 0.4) is 0 Å². The normalized spacial score (nSPS) is 9.09. The topological polar surface area (TPSA) is 61.1 Å². The largest absolute Gasteiger partial charge is 0.478 e. The number of carboxylic acid groups (broad SMARTS) is 1. The molecule has 0 saturated heterocycles. The van der Waals surface area contributed by atoms with Gasteiger partial charge in [-0.2, -0.15) is 5.26 Å². The number of carbonyl (C=O) groups is 1. The van der Waals surface area contributed by atoms with E-state index in [9.17, 15) is 4.79 Å². The van der Waals surface area contributed by atoms with E-state index in [0.717, 1.165) is 11.3 Å². The maximum absolute atomic E-state index is 10.4. The van der Waals surface area contributed by atoms with E-state index in [0.29, 0.717) is 10.4 Å². The highest BCUT2D eigenvalue weighted by atomic mass is 32.1. The minimum atomic E-state index is -0.972. The zero-order valence-electron chi connectivity index (χ0n) is 5.79. The summed E-state index contributed by atoms with van der Waals surface area (Å²) in [5.41, 5.74) is 0.788. The summed E-state index contributed by atoms with van der Waals surface area (Å²) in [7, 11) is 0. The molecule has 0 saturated carbocycles. The van der Waals surface area contributed by atoms with Crippen LogP contribution in [-0.2, 0) is 0 Å². The Bertz CT molecular complexity index is 335. The average Bonchev–Trinajstić information content (AvgIpc) is 2.30. The summed E-state index contributed by atoms with van der Waals surface area (Å²) < 4.78 is 0. The van der Waals surface area contributed by atoms with Crippen molar-refractivity contribution in [3.63, 3.8) is 0 Å². The minimum absolute atomic E-state index is 0.228. The highest BCUT2D eigenvalue weighted by Gasteiger charge is 2.11. The third kappa shape index (κ3) is 1.23. The summed E-state index contributed by atoms with van der Waals surface area (Å²) in [4.78, 5) is 10.9. The van der Waals surface area contributed by atoms with E-state index in [1.54, 1.807) is 6.92 Å². The molecule has 0 bridgehead atoms. The van der Waals surface area contributed by atoms with Gasteiger partial charge in [0.05, 0.1) is 5.56 Å².